The zero-order chi connectivity index (χ0) is 12.1. The molecule has 0 atom stereocenters. The van der Waals surface area contributed by atoms with E-state index >= 15 is 0 Å². The fourth-order valence-corrected chi connectivity index (χ4v) is 2.01. The summed E-state index contributed by atoms with van der Waals surface area (Å²) >= 11 is 0. The predicted molar refractivity (Wildman–Crippen MR) is 68.6 cm³/mol. The first kappa shape index (κ1) is 12.1. The number of amides is 1. The van der Waals surface area contributed by atoms with E-state index < -0.39 is 0 Å². The Balaban J connectivity index is 1.69. The van der Waals surface area contributed by atoms with Crippen LogP contribution in [0.25, 0.3) is 0 Å². The van der Waals surface area contributed by atoms with Crippen LogP contribution in [-0.4, -0.2) is 30.4 Å². The Kier molecular flexibility index (Phi) is 4.15. The minimum absolute atomic E-state index is 0.200. The lowest BCUT2D eigenvalue weighted by Gasteiger charge is -2.34. The molecule has 92 valence electrons. The first-order valence-electron chi connectivity index (χ1n) is 6.27. The monoisotopic (exact) mass is 232 g/mol. The lowest BCUT2D eigenvalue weighted by molar-refractivity contribution is -0.132. The highest BCUT2D eigenvalue weighted by Gasteiger charge is 2.24. The van der Waals surface area contributed by atoms with Crippen LogP contribution in [0.2, 0.25) is 0 Å². The van der Waals surface area contributed by atoms with Gasteiger partial charge in [0.1, 0.15) is 0 Å². The van der Waals surface area contributed by atoms with Crippen molar-refractivity contribution in [3.05, 3.63) is 35.9 Å². The molecule has 1 saturated carbocycles. The van der Waals surface area contributed by atoms with E-state index in [-0.39, 0.29) is 5.91 Å². The van der Waals surface area contributed by atoms with E-state index in [4.69, 9.17) is 0 Å². The summed E-state index contributed by atoms with van der Waals surface area (Å²) in [6, 6.07) is 10.6. The molecule has 1 aromatic rings. The molecule has 3 heteroatoms. The molecule has 3 nitrogen and oxygen atoms in total. The summed E-state index contributed by atoms with van der Waals surface area (Å²) in [5, 5.41) is 3.19. The van der Waals surface area contributed by atoms with Gasteiger partial charge in [-0.15, -0.1) is 0 Å². The molecular weight excluding hydrogens is 212 g/mol. The Hall–Kier alpha value is -1.35. The van der Waals surface area contributed by atoms with Crippen molar-refractivity contribution in [1.82, 2.24) is 10.2 Å². The van der Waals surface area contributed by atoms with Crippen molar-refractivity contribution in [2.45, 2.75) is 31.8 Å². The second-order valence-electron chi connectivity index (χ2n) is 4.68. The third-order valence-corrected chi connectivity index (χ3v) is 3.46. The molecule has 1 N–H and O–H groups in total. The van der Waals surface area contributed by atoms with Crippen LogP contribution in [0.1, 0.15) is 24.8 Å². The molecule has 17 heavy (non-hydrogen) atoms. The van der Waals surface area contributed by atoms with Crippen molar-refractivity contribution in [1.29, 1.82) is 0 Å². The van der Waals surface area contributed by atoms with Crippen molar-refractivity contribution in [3.8, 4) is 0 Å². The zero-order valence-corrected chi connectivity index (χ0v) is 10.4. The maximum atomic E-state index is 11.8. The van der Waals surface area contributed by atoms with Crippen LogP contribution in [0.3, 0.4) is 0 Å². The fraction of sp³-hybridized carbons (Fsp3) is 0.500. The average Bonchev–Trinajstić information content (AvgIpc) is 2.28. The maximum absolute atomic E-state index is 11.8. The molecule has 0 bridgehead atoms. The van der Waals surface area contributed by atoms with Crippen LogP contribution in [0.4, 0.5) is 0 Å². The van der Waals surface area contributed by atoms with Crippen molar-refractivity contribution < 1.29 is 4.79 Å². The molecule has 1 fully saturated rings. The summed E-state index contributed by atoms with van der Waals surface area (Å²) in [6.07, 6.45) is 3.60. The van der Waals surface area contributed by atoms with E-state index in [1.54, 1.807) is 0 Å². The van der Waals surface area contributed by atoms with Gasteiger partial charge in [0.25, 0.3) is 0 Å². The van der Waals surface area contributed by atoms with Gasteiger partial charge in [-0.05, 0) is 24.8 Å². The number of hydrogen-bond acceptors (Lipinski definition) is 2. The van der Waals surface area contributed by atoms with Gasteiger partial charge in [-0.1, -0.05) is 30.3 Å². The molecule has 0 aliphatic heterocycles. The Morgan fingerprint density at radius 1 is 1.35 bits per heavy atom. The van der Waals surface area contributed by atoms with Crippen molar-refractivity contribution >= 4 is 5.91 Å². The van der Waals surface area contributed by atoms with E-state index in [1.807, 2.05) is 30.1 Å². The normalized spacial score (nSPS) is 15.4. The second-order valence-corrected chi connectivity index (χ2v) is 4.68. The van der Waals surface area contributed by atoms with Crippen LogP contribution < -0.4 is 5.32 Å². The van der Waals surface area contributed by atoms with Gasteiger partial charge in [0, 0.05) is 19.6 Å². The quantitative estimate of drug-likeness (QED) is 0.839. The van der Waals surface area contributed by atoms with E-state index in [2.05, 4.69) is 17.4 Å². The zero-order valence-electron chi connectivity index (χ0n) is 10.4. The van der Waals surface area contributed by atoms with Gasteiger partial charge in [-0.3, -0.25) is 4.79 Å². The van der Waals surface area contributed by atoms with Gasteiger partial charge in [0.2, 0.25) is 5.91 Å². The third kappa shape index (κ3) is 3.30. The highest BCUT2D eigenvalue weighted by Crippen LogP contribution is 2.23. The van der Waals surface area contributed by atoms with Crippen molar-refractivity contribution in [3.63, 3.8) is 0 Å². The van der Waals surface area contributed by atoms with Gasteiger partial charge >= 0.3 is 0 Å². The van der Waals surface area contributed by atoms with Gasteiger partial charge < -0.3 is 10.2 Å². The highest BCUT2D eigenvalue weighted by atomic mass is 16.2. The molecule has 0 radical (unpaired) electrons. The van der Waals surface area contributed by atoms with E-state index in [0.29, 0.717) is 12.6 Å². The third-order valence-electron chi connectivity index (χ3n) is 3.46. The smallest absolute Gasteiger partial charge is 0.236 e. The van der Waals surface area contributed by atoms with Crippen LogP contribution in [0.15, 0.2) is 30.3 Å². The number of hydrogen-bond donors (Lipinski definition) is 1. The molecule has 0 spiro atoms. The van der Waals surface area contributed by atoms with Crippen molar-refractivity contribution in [2.75, 3.05) is 13.6 Å². The first-order chi connectivity index (χ1) is 8.27. The summed E-state index contributed by atoms with van der Waals surface area (Å²) in [5.41, 5.74) is 1.21. The van der Waals surface area contributed by atoms with Crippen LogP contribution in [-0.2, 0) is 11.3 Å². The summed E-state index contributed by atoms with van der Waals surface area (Å²) in [5.74, 6) is 0.200. The predicted octanol–water partition coefficient (Wildman–Crippen LogP) is 1.79. The van der Waals surface area contributed by atoms with Crippen LogP contribution in [0, 0.1) is 0 Å². The summed E-state index contributed by atoms with van der Waals surface area (Å²) in [6.45, 7) is 1.19. The van der Waals surface area contributed by atoms with Gasteiger partial charge in [0.05, 0.1) is 6.54 Å². The van der Waals surface area contributed by atoms with E-state index in [1.165, 1.54) is 24.8 Å². The molecule has 1 amide bonds. The van der Waals surface area contributed by atoms with Crippen LogP contribution in [0.5, 0.6) is 0 Å². The largest absolute Gasteiger partial charge is 0.342 e. The Morgan fingerprint density at radius 3 is 2.65 bits per heavy atom. The van der Waals surface area contributed by atoms with Gasteiger partial charge in [-0.25, -0.2) is 0 Å². The molecule has 2 rings (SSSR count). The fourth-order valence-electron chi connectivity index (χ4n) is 2.01. The Bertz CT molecular complexity index is 360. The van der Waals surface area contributed by atoms with E-state index in [9.17, 15) is 4.79 Å². The number of nitrogens with zero attached hydrogens (tertiary/aromatic N) is 1. The lowest BCUT2D eigenvalue weighted by Crippen LogP contribution is -2.44. The standard InChI is InChI=1S/C14H20N2O/c1-16(13-8-5-9-13)14(17)11-15-10-12-6-3-2-4-7-12/h2-4,6-7,13,15H,5,8-11H2,1H3. The Morgan fingerprint density at radius 2 is 2.06 bits per heavy atom. The van der Waals surface area contributed by atoms with Crippen LogP contribution >= 0.6 is 0 Å². The highest BCUT2D eigenvalue weighted by molar-refractivity contribution is 5.78. The summed E-state index contributed by atoms with van der Waals surface area (Å²) in [7, 11) is 1.91. The Labute approximate surface area is 103 Å². The average molecular weight is 232 g/mol. The first-order valence-corrected chi connectivity index (χ1v) is 6.27. The van der Waals surface area contributed by atoms with Crippen molar-refractivity contribution in [2.24, 2.45) is 0 Å². The molecule has 1 aromatic carbocycles. The number of carbonyl (C=O) groups is 1. The topological polar surface area (TPSA) is 32.3 Å². The molecule has 0 heterocycles. The number of rotatable bonds is 5. The minimum Gasteiger partial charge on any atom is -0.342 e. The number of benzene rings is 1. The summed E-state index contributed by atoms with van der Waals surface area (Å²) < 4.78 is 0. The molecular formula is C14H20N2O. The summed E-state index contributed by atoms with van der Waals surface area (Å²) in [4.78, 5) is 13.7. The van der Waals surface area contributed by atoms with Gasteiger partial charge in [-0.2, -0.15) is 0 Å². The minimum atomic E-state index is 0.200. The number of likely N-dealkylation sites (N-methyl/N-ethyl adjacent to an activating group) is 1. The number of nitrogens with one attached hydrogen (secondary N) is 1. The molecule has 0 unspecified atom stereocenters. The lowest BCUT2D eigenvalue weighted by atomic mass is 9.92. The number of carbonyl (C=O) groups excluding carboxylic acids is 1. The maximum Gasteiger partial charge on any atom is 0.236 e. The molecule has 1 aliphatic rings. The van der Waals surface area contributed by atoms with E-state index in [0.717, 1.165) is 6.54 Å². The SMILES string of the molecule is CN(C(=O)CNCc1ccccc1)C1CCC1. The molecule has 0 saturated heterocycles. The second kappa shape index (κ2) is 5.82. The van der Waals surface area contributed by atoms with Gasteiger partial charge in [0.15, 0.2) is 0 Å². The molecule has 0 aromatic heterocycles. The molecule has 1 aliphatic carbocycles.